The number of aryl methyl sites for hydroxylation is 1. The van der Waals surface area contributed by atoms with Crippen LogP contribution in [0.25, 0.3) is 11.3 Å². The number of hydrogen-bond acceptors (Lipinski definition) is 3. The predicted molar refractivity (Wildman–Crippen MR) is 56.5 cm³/mol. The maximum atomic E-state index is 10.6. The molecule has 5 heteroatoms. The van der Waals surface area contributed by atoms with Gasteiger partial charge in [-0.05, 0) is 6.92 Å². The van der Waals surface area contributed by atoms with Gasteiger partial charge in [-0.3, -0.25) is 0 Å². The molecular weight excluding hydrogens is 208 g/mol. The van der Waals surface area contributed by atoms with Crippen molar-refractivity contribution in [3.63, 3.8) is 0 Å². The van der Waals surface area contributed by atoms with E-state index in [0.717, 1.165) is 5.56 Å². The summed E-state index contributed by atoms with van der Waals surface area (Å²) in [6.07, 6.45) is -1.26. The van der Waals surface area contributed by atoms with Crippen molar-refractivity contribution in [2.45, 2.75) is 6.92 Å². The Kier molecular flexibility index (Phi) is 2.59. The van der Waals surface area contributed by atoms with E-state index < -0.39 is 6.09 Å². The van der Waals surface area contributed by atoms with E-state index in [2.05, 4.69) is 10.5 Å². The van der Waals surface area contributed by atoms with Crippen molar-refractivity contribution in [1.29, 1.82) is 0 Å². The topological polar surface area (TPSA) is 77.4 Å². The van der Waals surface area contributed by atoms with Gasteiger partial charge in [0.05, 0.1) is 0 Å². The van der Waals surface area contributed by atoms with Crippen LogP contribution in [0.4, 0.5) is 10.5 Å². The molecule has 81 valence electrons. The van der Waals surface area contributed by atoms with Crippen molar-refractivity contribution >= 4 is 11.8 Å². The Morgan fingerprint density at radius 1 is 1.38 bits per heavy atom. The highest BCUT2D eigenvalue weighted by molar-refractivity contribution is 5.80. The van der Waals surface area contributed by atoms with Crippen LogP contribution in [0.2, 0.25) is 0 Å². The lowest BCUT2D eigenvalue weighted by Gasteiger charge is -1.98. The Morgan fingerprint density at radius 2 is 2.06 bits per heavy atom. The van der Waals surface area contributed by atoms with E-state index >= 15 is 0 Å². The molecule has 2 rings (SSSR count). The predicted octanol–water partition coefficient (Wildman–Crippen LogP) is 2.56. The first-order valence-corrected chi connectivity index (χ1v) is 4.65. The summed E-state index contributed by atoms with van der Waals surface area (Å²) in [6, 6.07) is 9.18. The van der Waals surface area contributed by atoms with Crippen LogP contribution < -0.4 is 5.32 Å². The Hall–Kier alpha value is -2.30. The fourth-order valence-corrected chi connectivity index (χ4v) is 1.38. The highest BCUT2D eigenvalue weighted by Gasteiger charge is 2.17. The highest BCUT2D eigenvalue weighted by Crippen LogP contribution is 2.29. The summed E-state index contributed by atoms with van der Waals surface area (Å²) in [7, 11) is 0. The Bertz CT molecular complexity index is 505. The molecule has 1 heterocycles. The molecule has 0 saturated heterocycles. The first-order chi connectivity index (χ1) is 7.68. The third-order valence-electron chi connectivity index (χ3n) is 2.09. The third-order valence-corrected chi connectivity index (χ3v) is 2.09. The average molecular weight is 217 g/mol. The molecule has 0 bridgehead atoms. The molecule has 1 N–H and O–H groups in total. The molecule has 5 nitrogen and oxygen atoms in total. The lowest BCUT2D eigenvalue weighted by Crippen LogP contribution is -2.07. The summed E-state index contributed by atoms with van der Waals surface area (Å²) in [5, 5.41) is 15.9. The van der Waals surface area contributed by atoms with Crippen molar-refractivity contribution in [3.05, 3.63) is 36.1 Å². The minimum absolute atomic E-state index is 0.263. The zero-order chi connectivity index (χ0) is 11.5. The molecule has 1 amide bonds. The summed E-state index contributed by atoms with van der Waals surface area (Å²) in [4.78, 5) is 10.6. The normalized spacial score (nSPS) is 10.1. The second-order valence-electron chi connectivity index (χ2n) is 3.20. The van der Waals surface area contributed by atoms with E-state index in [0.29, 0.717) is 11.5 Å². The quantitative estimate of drug-likeness (QED) is 0.838. The van der Waals surface area contributed by atoms with Crippen LogP contribution in [0.15, 0.2) is 34.9 Å². The summed E-state index contributed by atoms with van der Waals surface area (Å²) in [5.41, 5.74) is 1.48. The van der Waals surface area contributed by atoms with Crippen LogP contribution in [0.5, 0.6) is 0 Å². The number of aromatic nitrogens is 1. The maximum absolute atomic E-state index is 10.6. The first kappa shape index (κ1) is 10.2. The molecule has 0 aliphatic heterocycles. The molecular formula is C11H9N2O3. The Labute approximate surface area is 91.7 Å². The standard InChI is InChI=1S/C11H9N2O3/c1-7-9(12-11(14)15)10(13-16-7)8-5-3-2-4-6-8/h2-6H,1H3,(H,14,15). The second-order valence-corrected chi connectivity index (χ2v) is 3.20. The third kappa shape index (κ3) is 1.88. The van der Waals surface area contributed by atoms with Crippen LogP contribution in [0.1, 0.15) is 5.76 Å². The van der Waals surface area contributed by atoms with Gasteiger partial charge in [-0.15, -0.1) is 0 Å². The van der Waals surface area contributed by atoms with Crippen LogP contribution in [-0.2, 0) is 0 Å². The summed E-state index contributed by atoms with van der Waals surface area (Å²) in [6.45, 7) is 1.63. The zero-order valence-corrected chi connectivity index (χ0v) is 8.54. The molecule has 0 aliphatic carbocycles. The minimum atomic E-state index is -1.26. The molecule has 0 saturated carbocycles. The van der Waals surface area contributed by atoms with E-state index in [-0.39, 0.29) is 5.69 Å². The fourth-order valence-electron chi connectivity index (χ4n) is 1.38. The number of hydrogen-bond donors (Lipinski definition) is 1. The summed E-state index contributed by atoms with van der Waals surface area (Å²) >= 11 is 0. The molecule has 0 spiro atoms. The van der Waals surface area contributed by atoms with Crippen molar-refractivity contribution < 1.29 is 14.4 Å². The number of nitrogens with zero attached hydrogens (tertiary/aromatic N) is 2. The molecule has 0 aliphatic rings. The lowest BCUT2D eigenvalue weighted by atomic mass is 10.1. The fraction of sp³-hybridized carbons (Fsp3) is 0.0909. The van der Waals surface area contributed by atoms with Gasteiger partial charge in [0.15, 0.2) is 5.76 Å². The van der Waals surface area contributed by atoms with Crippen molar-refractivity contribution in [2.75, 3.05) is 0 Å². The monoisotopic (exact) mass is 217 g/mol. The molecule has 1 radical (unpaired) electrons. The smallest absolute Gasteiger partial charge is 0.431 e. The zero-order valence-electron chi connectivity index (χ0n) is 8.54. The van der Waals surface area contributed by atoms with Gasteiger partial charge in [0.2, 0.25) is 0 Å². The number of benzene rings is 1. The summed E-state index contributed by atoms with van der Waals surface area (Å²) < 4.78 is 4.94. The molecule has 2 aromatic rings. The molecule has 0 atom stereocenters. The second kappa shape index (κ2) is 4.06. The number of amides is 1. The van der Waals surface area contributed by atoms with Gasteiger partial charge in [-0.1, -0.05) is 35.5 Å². The Balaban J connectivity index is 2.46. The molecule has 0 fully saturated rings. The van der Waals surface area contributed by atoms with Crippen molar-refractivity contribution in [3.8, 4) is 11.3 Å². The van der Waals surface area contributed by atoms with E-state index in [1.807, 2.05) is 30.3 Å². The molecule has 0 unspecified atom stereocenters. The van der Waals surface area contributed by atoms with Crippen molar-refractivity contribution in [2.24, 2.45) is 0 Å². The van der Waals surface area contributed by atoms with E-state index in [4.69, 9.17) is 9.63 Å². The maximum Gasteiger partial charge on any atom is 0.431 e. The molecule has 1 aromatic heterocycles. The number of rotatable bonds is 2. The van der Waals surface area contributed by atoms with Crippen LogP contribution >= 0.6 is 0 Å². The highest BCUT2D eigenvalue weighted by atomic mass is 16.5. The van der Waals surface area contributed by atoms with E-state index in [1.54, 1.807) is 6.92 Å². The van der Waals surface area contributed by atoms with Gasteiger partial charge in [0.1, 0.15) is 11.4 Å². The summed E-state index contributed by atoms with van der Waals surface area (Å²) in [5.74, 6) is 0.390. The van der Waals surface area contributed by atoms with Crippen LogP contribution in [0.3, 0.4) is 0 Å². The van der Waals surface area contributed by atoms with Gasteiger partial charge >= 0.3 is 6.09 Å². The first-order valence-electron chi connectivity index (χ1n) is 4.65. The lowest BCUT2D eigenvalue weighted by molar-refractivity contribution is 0.198. The molecule has 1 aromatic carbocycles. The largest absolute Gasteiger partial charge is 0.463 e. The number of carbonyl (C=O) groups is 1. The van der Waals surface area contributed by atoms with Gasteiger partial charge in [-0.25, -0.2) is 4.79 Å². The van der Waals surface area contributed by atoms with E-state index in [9.17, 15) is 4.79 Å². The van der Waals surface area contributed by atoms with Gasteiger partial charge in [-0.2, -0.15) is 5.32 Å². The molecule has 16 heavy (non-hydrogen) atoms. The van der Waals surface area contributed by atoms with Crippen LogP contribution in [-0.4, -0.2) is 16.4 Å². The SMILES string of the molecule is Cc1onc(-c2ccccc2)c1[N]C(=O)O. The average Bonchev–Trinajstić information content (AvgIpc) is 2.61. The van der Waals surface area contributed by atoms with E-state index in [1.165, 1.54) is 0 Å². The number of carboxylic acid groups (broad SMARTS) is 1. The Morgan fingerprint density at radius 3 is 2.69 bits per heavy atom. The van der Waals surface area contributed by atoms with Gasteiger partial charge < -0.3 is 9.63 Å². The van der Waals surface area contributed by atoms with Crippen LogP contribution in [0, 0.1) is 6.92 Å². The van der Waals surface area contributed by atoms with Gasteiger partial charge in [0, 0.05) is 5.56 Å². The van der Waals surface area contributed by atoms with Crippen molar-refractivity contribution in [1.82, 2.24) is 10.5 Å². The minimum Gasteiger partial charge on any atom is -0.463 e. The van der Waals surface area contributed by atoms with Gasteiger partial charge in [0.25, 0.3) is 0 Å².